The van der Waals surface area contributed by atoms with E-state index in [-0.39, 0.29) is 0 Å². The molecule has 0 spiro atoms. The van der Waals surface area contributed by atoms with Gasteiger partial charge in [0.2, 0.25) is 0 Å². The number of hydrogen-bond donors (Lipinski definition) is 1. The number of hydrogen-bond acceptors (Lipinski definition) is 2. The lowest BCUT2D eigenvalue weighted by molar-refractivity contribution is 0.781. The van der Waals surface area contributed by atoms with Crippen molar-refractivity contribution in [3.05, 3.63) is 59.4 Å². The molecule has 2 N–H and O–H groups in total. The van der Waals surface area contributed by atoms with Gasteiger partial charge >= 0.3 is 0 Å². The van der Waals surface area contributed by atoms with Gasteiger partial charge in [0.1, 0.15) is 0 Å². The molecular weight excluding hydrogens is 220 g/mol. The summed E-state index contributed by atoms with van der Waals surface area (Å²) >= 11 is 0. The molecule has 2 aromatic rings. The maximum absolute atomic E-state index is 5.83. The molecule has 3 rings (SSSR count). The van der Waals surface area contributed by atoms with Gasteiger partial charge in [-0.1, -0.05) is 31.2 Å². The number of benzene rings is 1. The molecule has 0 saturated carbocycles. The minimum atomic E-state index is 0.532. The van der Waals surface area contributed by atoms with Gasteiger partial charge in [0.25, 0.3) is 0 Å². The lowest BCUT2D eigenvalue weighted by atomic mass is 9.83. The molecule has 1 aliphatic rings. The SMILES string of the molecule is C[C@H]1CC(c2cc(N)ccn2)=Cc2ccccc21. The van der Waals surface area contributed by atoms with Gasteiger partial charge in [0.05, 0.1) is 5.69 Å². The fraction of sp³-hybridized carbons (Fsp3) is 0.188. The molecular formula is C16H16N2. The van der Waals surface area contributed by atoms with E-state index in [2.05, 4.69) is 42.2 Å². The molecule has 0 bridgehead atoms. The molecule has 0 unspecified atom stereocenters. The highest BCUT2D eigenvalue weighted by Crippen LogP contribution is 2.37. The molecule has 1 aliphatic carbocycles. The zero-order chi connectivity index (χ0) is 12.5. The molecule has 18 heavy (non-hydrogen) atoms. The summed E-state index contributed by atoms with van der Waals surface area (Å²) in [5.74, 6) is 0.532. The summed E-state index contributed by atoms with van der Waals surface area (Å²) in [5.41, 5.74) is 11.6. The van der Waals surface area contributed by atoms with Gasteiger partial charge < -0.3 is 5.73 Å². The molecule has 1 aromatic heterocycles. The number of aromatic nitrogens is 1. The van der Waals surface area contributed by atoms with Crippen LogP contribution < -0.4 is 5.73 Å². The first-order valence-electron chi connectivity index (χ1n) is 6.25. The van der Waals surface area contributed by atoms with Crippen molar-refractivity contribution < 1.29 is 0 Å². The lowest BCUT2D eigenvalue weighted by Crippen LogP contribution is -2.05. The van der Waals surface area contributed by atoms with Crippen molar-refractivity contribution >= 4 is 17.3 Å². The monoisotopic (exact) mass is 236 g/mol. The highest BCUT2D eigenvalue weighted by molar-refractivity contribution is 5.84. The number of nitrogen functional groups attached to an aromatic ring is 1. The Morgan fingerprint density at radius 1 is 1.22 bits per heavy atom. The van der Waals surface area contributed by atoms with Crippen LogP contribution >= 0.6 is 0 Å². The van der Waals surface area contributed by atoms with Gasteiger partial charge in [0, 0.05) is 11.9 Å². The minimum absolute atomic E-state index is 0.532. The smallest absolute Gasteiger partial charge is 0.0682 e. The first-order valence-corrected chi connectivity index (χ1v) is 6.25. The fourth-order valence-electron chi connectivity index (χ4n) is 2.58. The number of allylic oxidation sites excluding steroid dienone is 1. The molecule has 2 heteroatoms. The van der Waals surface area contributed by atoms with E-state index in [0.29, 0.717) is 5.92 Å². The van der Waals surface area contributed by atoms with E-state index in [0.717, 1.165) is 17.8 Å². The van der Waals surface area contributed by atoms with E-state index in [1.165, 1.54) is 16.7 Å². The molecule has 2 nitrogen and oxygen atoms in total. The van der Waals surface area contributed by atoms with E-state index < -0.39 is 0 Å². The topological polar surface area (TPSA) is 38.9 Å². The van der Waals surface area contributed by atoms with E-state index in [1.807, 2.05) is 12.1 Å². The molecule has 1 atom stereocenters. The Labute approximate surface area is 107 Å². The first kappa shape index (κ1) is 11.0. The van der Waals surface area contributed by atoms with Crippen LogP contribution in [0.5, 0.6) is 0 Å². The van der Waals surface area contributed by atoms with E-state index in [4.69, 9.17) is 5.73 Å². The number of nitrogens with zero attached hydrogens (tertiary/aromatic N) is 1. The predicted molar refractivity (Wildman–Crippen MR) is 76.0 cm³/mol. The maximum atomic E-state index is 5.83. The Morgan fingerprint density at radius 3 is 2.89 bits per heavy atom. The Bertz CT molecular complexity index is 614. The number of fused-ring (bicyclic) bond motifs is 1. The highest BCUT2D eigenvalue weighted by atomic mass is 14.7. The normalized spacial score (nSPS) is 18.1. The van der Waals surface area contributed by atoms with Crippen molar-refractivity contribution in [1.29, 1.82) is 0 Å². The highest BCUT2D eigenvalue weighted by Gasteiger charge is 2.18. The largest absolute Gasteiger partial charge is 0.399 e. The standard InChI is InChI=1S/C16H16N2/c1-11-8-13(16-10-14(17)6-7-18-16)9-12-4-2-3-5-15(11)12/h2-7,9-11H,8H2,1H3,(H2,17,18)/t11-/m0/s1. The van der Waals surface area contributed by atoms with Crippen molar-refractivity contribution in [1.82, 2.24) is 4.98 Å². The second-order valence-electron chi connectivity index (χ2n) is 4.88. The molecule has 0 saturated heterocycles. The maximum Gasteiger partial charge on any atom is 0.0682 e. The second-order valence-corrected chi connectivity index (χ2v) is 4.88. The molecule has 0 radical (unpaired) electrons. The van der Waals surface area contributed by atoms with Gasteiger partial charge in [-0.15, -0.1) is 0 Å². The van der Waals surface area contributed by atoms with E-state index in [1.54, 1.807) is 6.20 Å². The average molecular weight is 236 g/mol. The van der Waals surface area contributed by atoms with Gasteiger partial charge in [-0.25, -0.2) is 0 Å². The Morgan fingerprint density at radius 2 is 2.06 bits per heavy atom. The Balaban J connectivity index is 2.08. The third-order valence-corrected chi connectivity index (χ3v) is 3.50. The van der Waals surface area contributed by atoms with Crippen molar-refractivity contribution in [2.75, 3.05) is 5.73 Å². The average Bonchev–Trinajstić information content (AvgIpc) is 2.39. The van der Waals surface area contributed by atoms with Crippen LogP contribution in [0.1, 0.15) is 36.1 Å². The third kappa shape index (κ3) is 1.90. The van der Waals surface area contributed by atoms with Crippen molar-refractivity contribution in [3.8, 4) is 0 Å². The number of pyridine rings is 1. The molecule has 1 heterocycles. The van der Waals surface area contributed by atoms with Crippen LogP contribution in [0.2, 0.25) is 0 Å². The molecule has 0 aliphatic heterocycles. The molecule has 0 amide bonds. The van der Waals surface area contributed by atoms with Crippen molar-refractivity contribution in [2.45, 2.75) is 19.3 Å². The van der Waals surface area contributed by atoms with Crippen LogP contribution in [0, 0.1) is 0 Å². The number of anilines is 1. The first-order chi connectivity index (χ1) is 8.74. The summed E-state index contributed by atoms with van der Waals surface area (Å²) in [6.45, 7) is 2.26. The van der Waals surface area contributed by atoms with Crippen LogP contribution in [-0.2, 0) is 0 Å². The van der Waals surface area contributed by atoms with Crippen LogP contribution in [0.25, 0.3) is 11.6 Å². The van der Waals surface area contributed by atoms with Gasteiger partial charge in [0.15, 0.2) is 0 Å². The van der Waals surface area contributed by atoms with Gasteiger partial charge in [-0.2, -0.15) is 0 Å². The van der Waals surface area contributed by atoms with Crippen molar-refractivity contribution in [2.24, 2.45) is 0 Å². The number of rotatable bonds is 1. The second kappa shape index (κ2) is 4.30. The summed E-state index contributed by atoms with van der Waals surface area (Å²) < 4.78 is 0. The fourth-order valence-corrected chi connectivity index (χ4v) is 2.58. The number of nitrogens with two attached hydrogens (primary N) is 1. The van der Waals surface area contributed by atoms with Crippen LogP contribution in [-0.4, -0.2) is 4.98 Å². The Hall–Kier alpha value is -2.09. The zero-order valence-electron chi connectivity index (χ0n) is 10.4. The van der Waals surface area contributed by atoms with E-state index >= 15 is 0 Å². The Kier molecular flexibility index (Phi) is 2.63. The minimum Gasteiger partial charge on any atom is -0.399 e. The third-order valence-electron chi connectivity index (χ3n) is 3.50. The summed E-state index contributed by atoms with van der Waals surface area (Å²) in [4.78, 5) is 4.42. The lowest BCUT2D eigenvalue weighted by Gasteiger charge is -2.22. The zero-order valence-corrected chi connectivity index (χ0v) is 10.4. The molecule has 0 fully saturated rings. The summed E-state index contributed by atoms with van der Waals surface area (Å²) in [5, 5.41) is 0. The van der Waals surface area contributed by atoms with Gasteiger partial charge in [-0.05, 0) is 47.2 Å². The van der Waals surface area contributed by atoms with Crippen molar-refractivity contribution in [3.63, 3.8) is 0 Å². The molecule has 90 valence electrons. The summed E-state index contributed by atoms with van der Waals surface area (Å²) in [7, 11) is 0. The summed E-state index contributed by atoms with van der Waals surface area (Å²) in [6, 6.07) is 12.3. The summed E-state index contributed by atoms with van der Waals surface area (Å²) in [6.07, 6.45) is 5.03. The van der Waals surface area contributed by atoms with Gasteiger partial charge in [-0.3, -0.25) is 4.98 Å². The van der Waals surface area contributed by atoms with E-state index in [9.17, 15) is 0 Å². The van der Waals surface area contributed by atoms with Crippen LogP contribution in [0.3, 0.4) is 0 Å². The van der Waals surface area contributed by atoms with Crippen LogP contribution in [0.15, 0.2) is 42.6 Å². The predicted octanol–water partition coefficient (Wildman–Crippen LogP) is 3.71. The quantitative estimate of drug-likeness (QED) is 0.819. The molecule has 1 aromatic carbocycles. The van der Waals surface area contributed by atoms with Crippen LogP contribution in [0.4, 0.5) is 5.69 Å².